The number of ether oxygens (including phenoxy) is 1. The fourth-order valence-corrected chi connectivity index (χ4v) is 2.23. The van der Waals surface area contributed by atoms with Crippen molar-refractivity contribution in [1.82, 2.24) is 20.3 Å². The van der Waals surface area contributed by atoms with Crippen molar-refractivity contribution < 1.29 is 4.74 Å². The van der Waals surface area contributed by atoms with Crippen LogP contribution in [-0.2, 0) is 13.1 Å². The van der Waals surface area contributed by atoms with Gasteiger partial charge in [-0.15, -0.1) is 5.10 Å². The average Bonchev–Trinajstić information content (AvgIpc) is 2.92. The number of hydrogen-bond donors (Lipinski definition) is 1. The number of aromatic nitrogens is 3. The van der Waals surface area contributed by atoms with Crippen molar-refractivity contribution in [2.24, 2.45) is 0 Å². The van der Waals surface area contributed by atoms with Crippen molar-refractivity contribution in [2.75, 3.05) is 13.7 Å². The molecular weight excluding hydrogens is 308 g/mol. The summed E-state index contributed by atoms with van der Waals surface area (Å²) < 4.78 is 8.23. The lowest BCUT2D eigenvalue weighted by Crippen LogP contribution is -2.17. The van der Waals surface area contributed by atoms with Gasteiger partial charge in [-0.05, 0) is 31.2 Å². The molecule has 0 radical (unpaired) electrons. The number of benzene rings is 1. The normalized spacial score (nSPS) is 10.6. The molecule has 0 saturated carbocycles. The Morgan fingerprint density at radius 3 is 3.05 bits per heavy atom. The maximum atomic E-state index is 5.33. The molecule has 6 heteroatoms. The molecule has 102 valence electrons. The van der Waals surface area contributed by atoms with E-state index in [1.165, 1.54) is 0 Å². The van der Waals surface area contributed by atoms with E-state index in [4.69, 9.17) is 4.74 Å². The Kier molecular flexibility index (Phi) is 5.35. The fraction of sp³-hybridized carbons (Fsp3) is 0.385. The number of rotatable bonds is 7. The van der Waals surface area contributed by atoms with Crippen LogP contribution in [0.2, 0.25) is 0 Å². The zero-order chi connectivity index (χ0) is 13.5. The maximum absolute atomic E-state index is 5.33. The number of halogens is 1. The van der Waals surface area contributed by atoms with Crippen molar-refractivity contribution in [3.8, 4) is 5.75 Å². The number of methoxy groups -OCH3 is 1. The van der Waals surface area contributed by atoms with Crippen LogP contribution in [-0.4, -0.2) is 28.6 Å². The molecule has 0 aliphatic heterocycles. The van der Waals surface area contributed by atoms with E-state index >= 15 is 0 Å². The molecule has 0 saturated heterocycles. The number of hydrogen-bond acceptors (Lipinski definition) is 4. The molecule has 0 amide bonds. The molecular formula is C13H17BrN4O. The van der Waals surface area contributed by atoms with E-state index in [0.29, 0.717) is 0 Å². The third-order valence-corrected chi connectivity index (χ3v) is 3.26. The zero-order valence-corrected chi connectivity index (χ0v) is 12.4. The van der Waals surface area contributed by atoms with Crippen LogP contribution in [0.4, 0.5) is 0 Å². The zero-order valence-electron chi connectivity index (χ0n) is 10.8. The van der Waals surface area contributed by atoms with Crippen LogP contribution in [0.1, 0.15) is 12.0 Å². The average molecular weight is 325 g/mol. The number of nitrogens with one attached hydrogen (secondary N) is 1. The van der Waals surface area contributed by atoms with Gasteiger partial charge in [-0.3, -0.25) is 4.68 Å². The monoisotopic (exact) mass is 324 g/mol. The van der Waals surface area contributed by atoms with Gasteiger partial charge in [-0.25, -0.2) is 0 Å². The first kappa shape index (κ1) is 14.0. The van der Waals surface area contributed by atoms with Crippen LogP contribution in [0.25, 0.3) is 0 Å². The molecule has 0 aliphatic carbocycles. The molecule has 1 N–H and O–H groups in total. The van der Waals surface area contributed by atoms with Crippen LogP contribution in [0.5, 0.6) is 5.75 Å². The van der Waals surface area contributed by atoms with Gasteiger partial charge in [-0.2, -0.15) is 0 Å². The van der Waals surface area contributed by atoms with Crippen molar-refractivity contribution in [3.05, 3.63) is 40.6 Å². The van der Waals surface area contributed by atoms with Crippen molar-refractivity contribution in [2.45, 2.75) is 19.5 Å². The van der Waals surface area contributed by atoms with Gasteiger partial charge in [-0.1, -0.05) is 21.1 Å². The SMILES string of the molecule is COc1ccc(Br)cc1CNCCCn1ccnn1. The van der Waals surface area contributed by atoms with Crippen LogP contribution in [0, 0.1) is 0 Å². The lowest BCUT2D eigenvalue weighted by Gasteiger charge is -2.10. The first-order valence-electron chi connectivity index (χ1n) is 6.17. The fourth-order valence-electron chi connectivity index (χ4n) is 1.83. The topological polar surface area (TPSA) is 52.0 Å². The summed E-state index contributed by atoms with van der Waals surface area (Å²) >= 11 is 3.47. The highest BCUT2D eigenvalue weighted by atomic mass is 79.9. The summed E-state index contributed by atoms with van der Waals surface area (Å²) in [6.45, 7) is 2.60. The maximum Gasteiger partial charge on any atom is 0.123 e. The predicted molar refractivity (Wildman–Crippen MR) is 77.0 cm³/mol. The highest BCUT2D eigenvalue weighted by Crippen LogP contribution is 2.22. The minimum absolute atomic E-state index is 0.792. The van der Waals surface area contributed by atoms with E-state index < -0.39 is 0 Å². The van der Waals surface area contributed by atoms with Crippen LogP contribution in [0.3, 0.4) is 0 Å². The first-order chi connectivity index (χ1) is 9.29. The first-order valence-corrected chi connectivity index (χ1v) is 6.96. The predicted octanol–water partition coefficient (Wildman–Crippen LogP) is 2.23. The van der Waals surface area contributed by atoms with Gasteiger partial charge >= 0.3 is 0 Å². The van der Waals surface area contributed by atoms with Crippen LogP contribution in [0.15, 0.2) is 35.1 Å². The van der Waals surface area contributed by atoms with Gasteiger partial charge in [0.25, 0.3) is 0 Å². The van der Waals surface area contributed by atoms with Gasteiger partial charge < -0.3 is 10.1 Å². The smallest absolute Gasteiger partial charge is 0.123 e. The summed E-state index contributed by atoms with van der Waals surface area (Å²) in [4.78, 5) is 0. The summed E-state index contributed by atoms with van der Waals surface area (Å²) in [7, 11) is 1.69. The summed E-state index contributed by atoms with van der Waals surface area (Å²) in [6, 6.07) is 6.02. The Balaban J connectivity index is 1.74. The second-order valence-electron chi connectivity index (χ2n) is 4.15. The van der Waals surface area contributed by atoms with E-state index in [2.05, 4.69) is 37.6 Å². The van der Waals surface area contributed by atoms with Gasteiger partial charge in [0.2, 0.25) is 0 Å². The third kappa shape index (κ3) is 4.33. The van der Waals surface area contributed by atoms with Crippen LogP contribution >= 0.6 is 15.9 Å². The molecule has 2 aromatic rings. The second kappa shape index (κ2) is 7.25. The number of aryl methyl sites for hydroxylation is 1. The highest BCUT2D eigenvalue weighted by molar-refractivity contribution is 9.10. The summed E-state index contributed by atoms with van der Waals surface area (Å²) in [6.07, 6.45) is 4.58. The molecule has 0 fully saturated rings. The van der Waals surface area contributed by atoms with E-state index in [9.17, 15) is 0 Å². The summed E-state index contributed by atoms with van der Waals surface area (Å²) in [5.74, 6) is 0.909. The van der Waals surface area contributed by atoms with Crippen molar-refractivity contribution in [1.29, 1.82) is 0 Å². The molecule has 1 aromatic heterocycles. The van der Waals surface area contributed by atoms with E-state index in [1.54, 1.807) is 13.3 Å². The minimum Gasteiger partial charge on any atom is -0.496 e. The van der Waals surface area contributed by atoms with E-state index in [0.717, 1.165) is 41.8 Å². The molecule has 19 heavy (non-hydrogen) atoms. The quantitative estimate of drug-likeness (QED) is 0.793. The van der Waals surface area contributed by atoms with Gasteiger partial charge in [0.1, 0.15) is 5.75 Å². The molecule has 0 aliphatic rings. The van der Waals surface area contributed by atoms with Gasteiger partial charge in [0.15, 0.2) is 0 Å². The molecule has 0 unspecified atom stereocenters. The molecule has 0 spiro atoms. The molecule has 1 heterocycles. The van der Waals surface area contributed by atoms with Crippen molar-refractivity contribution in [3.63, 3.8) is 0 Å². The molecule has 0 atom stereocenters. The summed E-state index contributed by atoms with van der Waals surface area (Å²) in [5.41, 5.74) is 1.15. The lowest BCUT2D eigenvalue weighted by atomic mass is 10.2. The van der Waals surface area contributed by atoms with E-state index in [1.807, 2.05) is 23.0 Å². The summed E-state index contributed by atoms with van der Waals surface area (Å²) in [5, 5.41) is 11.1. The largest absolute Gasteiger partial charge is 0.496 e. The Bertz CT molecular complexity index is 501. The third-order valence-electron chi connectivity index (χ3n) is 2.77. The number of nitrogens with zero attached hydrogens (tertiary/aromatic N) is 3. The van der Waals surface area contributed by atoms with Gasteiger partial charge in [0, 0.05) is 29.3 Å². The Morgan fingerprint density at radius 2 is 2.32 bits per heavy atom. The molecule has 1 aromatic carbocycles. The Hall–Kier alpha value is -1.40. The van der Waals surface area contributed by atoms with Gasteiger partial charge in [0.05, 0.1) is 13.3 Å². The molecule has 0 bridgehead atoms. The minimum atomic E-state index is 0.792. The molecule has 2 rings (SSSR count). The molecule has 5 nitrogen and oxygen atoms in total. The van der Waals surface area contributed by atoms with Crippen molar-refractivity contribution >= 4 is 15.9 Å². The van der Waals surface area contributed by atoms with Crippen LogP contribution < -0.4 is 10.1 Å². The standard InChI is InChI=1S/C13H17BrN4O/c1-19-13-4-3-12(14)9-11(13)10-15-5-2-7-18-8-6-16-17-18/h3-4,6,8-9,15H,2,5,7,10H2,1H3. The Morgan fingerprint density at radius 1 is 1.42 bits per heavy atom. The lowest BCUT2D eigenvalue weighted by molar-refractivity contribution is 0.407. The highest BCUT2D eigenvalue weighted by Gasteiger charge is 2.03. The van der Waals surface area contributed by atoms with E-state index in [-0.39, 0.29) is 0 Å². The Labute approximate surface area is 121 Å². The second-order valence-corrected chi connectivity index (χ2v) is 5.07.